The van der Waals surface area contributed by atoms with E-state index in [-0.39, 0.29) is 10.7 Å². The van der Waals surface area contributed by atoms with Gasteiger partial charge in [0.1, 0.15) is 11.3 Å². The maximum absolute atomic E-state index is 15.4. The van der Waals surface area contributed by atoms with E-state index >= 15 is 4.39 Å². The molecule has 2 rings (SSSR count). The first-order chi connectivity index (χ1) is 11.5. The van der Waals surface area contributed by atoms with Crippen molar-refractivity contribution < 1.29 is 21.4 Å². The molecule has 8 heteroatoms. The first-order valence-corrected chi connectivity index (χ1v) is 10.4. The number of sulfone groups is 1. The van der Waals surface area contributed by atoms with E-state index in [1.54, 1.807) is 26.8 Å². The summed E-state index contributed by atoms with van der Waals surface area (Å²) in [5, 5.41) is 0. The minimum Gasteiger partial charge on any atom is -0.467 e. The van der Waals surface area contributed by atoms with E-state index < -0.39 is 36.6 Å². The third-order valence-corrected chi connectivity index (χ3v) is 7.36. The van der Waals surface area contributed by atoms with Crippen molar-refractivity contribution in [3.8, 4) is 0 Å². The fourth-order valence-electron chi connectivity index (χ4n) is 2.17. The average molecular weight is 387 g/mol. The molecule has 0 fully saturated rings. The van der Waals surface area contributed by atoms with E-state index in [0.717, 1.165) is 0 Å². The zero-order chi connectivity index (χ0) is 18.9. The number of hydrogen-bond acceptors (Lipinski definition) is 4. The van der Waals surface area contributed by atoms with Crippen LogP contribution in [0.5, 0.6) is 0 Å². The monoisotopic (exact) mass is 387 g/mol. The van der Waals surface area contributed by atoms with Gasteiger partial charge in [0.25, 0.3) is 0 Å². The lowest BCUT2D eigenvalue weighted by Crippen LogP contribution is -2.53. The number of furan rings is 1. The van der Waals surface area contributed by atoms with Crippen molar-refractivity contribution in [3.63, 3.8) is 0 Å². The normalized spacial score (nSPS) is 17.6. The van der Waals surface area contributed by atoms with Gasteiger partial charge in [0, 0.05) is 0 Å². The van der Waals surface area contributed by atoms with Crippen LogP contribution in [-0.4, -0.2) is 22.9 Å². The van der Waals surface area contributed by atoms with Gasteiger partial charge < -0.3 is 4.42 Å². The van der Waals surface area contributed by atoms with Crippen molar-refractivity contribution >= 4 is 20.8 Å². The molecule has 25 heavy (non-hydrogen) atoms. The van der Waals surface area contributed by atoms with Crippen molar-refractivity contribution in [1.29, 1.82) is 0 Å². The van der Waals surface area contributed by atoms with Gasteiger partial charge >= 0.3 is 0 Å². The quantitative estimate of drug-likeness (QED) is 0.825. The maximum Gasteiger partial charge on any atom is 0.231 e. The lowest BCUT2D eigenvalue weighted by Gasteiger charge is -2.33. The second kappa shape index (κ2) is 7.01. The summed E-state index contributed by atoms with van der Waals surface area (Å²) >= 11 is 0. The molecular formula is C17H22FNO4S2. The van der Waals surface area contributed by atoms with Crippen molar-refractivity contribution in [3.05, 3.63) is 54.5 Å². The van der Waals surface area contributed by atoms with Crippen LogP contribution < -0.4 is 4.72 Å². The molecule has 0 spiro atoms. The molecule has 1 heterocycles. The molecule has 0 radical (unpaired) electrons. The Labute approximate surface area is 150 Å². The average Bonchev–Trinajstić information content (AvgIpc) is 3.09. The molecule has 0 saturated heterocycles. The first kappa shape index (κ1) is 19.8. The molecule has 0 saturated carbocycles. The van der Waals surface area contributed by atoms with Gasteiger partial charge in [-0.15, -0.1) is 0 Å². The summed E-state index contributed by atoms with van der Waals surface area (Å²) in [5.74, 6) is 0.0529. The van der Waals surface area contributed by atoms with Crippen molar-refractivity contribution in [2.24, 2.45) is 0 Å². The fraction of sp³-hybridized carbons (Fsp3) is 0.412. The third kappa shape index (κ3) is 4.02. The molecule has 0 aliphatic carbocycles. The van der Waals surface area contributed by atoms with Gasteiger partial charge in [0.2, 0.25) is 15.3 Å². The summed E-state index contributed by atoms with van der Waals surface area (Å²) in [7, 11) is -6.06. The van der Waals surface area contributed by atoms with E-state index in [9.17, 15) is 12.6 Å². The van der Waals surface area contributed by atoms with Gasteiger partial charge in [-0.25, -0.2) is 21.7 Å². The number of hydrogen-bond donors (Lipinski definition) is 1. The lowest BCUT2D eigenvalue weighted by molar-refractivity contribution is 0.225. The predicted octanol–water partition coefficient (Wildman–Crippen LogP) is 3.32. The Kier molecular flexibility index (Phi) is 5.56. The molecule has 138 valence electrons. The minimum atomic E-state index is -4.34. The topological polar surface area (TPSA) is 76.4 Å². The lowest BCUT2D eigenvalue weighted by atomic mass is 10.0. The fourth-order valence-corrected chi connectivity index (χ4v) is 4.71. The maximum atomic E-state index is 15.4. The van der Waals surface area contributed by atoms with Gasteiger partial charge in [-0.2, -0.15) is 0 Å². The van der Waals surface area contributed by atoms with Crippen LogP contribution in [0.2, 0.25) is 0 Å². The van der Waals surface area contributed by atoms with Crippen LogP contribution in [0.25, 0.3) is 0 Å². The molecule has 1 N–H and O–H groups in total. The smallest absolute Gasteiger partial charge is 0.231 e. The number of alkyl halides is 1. The summed E-state index contributed by atoms with van der Waals surface area (Å²) < 4.78 is 60.6. The number of nitrogens with one attached hydrogen (secondary N) is 1. The Morgan fingerprint density at radius 3 is 2.16 bits per heavy atom. The summed E-state index contributed by atoms with van der Waals surface area (Å²) in [6, 6.07) is 10.3. The molecule has 0 aliphatic heterocycles. The van der Waals surface area contributed by atoms with E-state index in [1.807, 2.05) is 0 Å². The van der Waals surface area contributed by atoms with Crippen LogP contribution >= 0.6 is 0 Å². The standard InChI is InChI=1S/C17H22FNO4S2/c1-16(2,3)24(20)19-17(4,14-11-8-12-23-14)15(18)25(21,22)13-9-6-5-7-10-13/h5-12,15,19H,1-4H3/t15-,17-,24?/m1/s1. The molecule has 2 aromatic rings. The molecule has 3 atom stereocenters. The second-order valence-electron chi connectivity index (χ2n) is 6.84. The van der Waals surface area contributed by atoms with Gasteiger partial charge in [0.15, 0.2) is 0 Å². The Hall–Kier alpha value is -1.51. The van der Waals surface area contributed by atoms with Gasteiger partial charge in [-0.05, 0) is 52.0 Å². The first-order valence-electron chi connectivity index (χ1n) is 7.66. The number of benzene rings is 1. The molecular weight excluding hydrogens is 365 g/mol. The highest BCUT2D eigenvalue weighted by Gasteiger charge is 2.49. The highest BCUT2D eigenvalue weighted by Crippen LogP contribution is 2.35. The van der Waals surface area contributed by atoms with E-state index in [2.05, 4.69) is 4.72 Å². The summed E-state index contributed by atoms with van der Waals surface area (Å²) in [6.07, 6.45) is 1.32. The van der Waals surface area contributed by atoms with E-state index in [1.165, 1.54) is 49.6 Å². The molecule has 5 nitrogen and oxygen atoms in total. The predicted molar refractivity (Wildman–Crippen MR) is 95.6 cm³/mol. The van der Waals surface area contributed by atoms with Gasteiger partial charge in [0.05, 0.1) is 26.9 Å². The summed E-state index contributed by atoms with van der Waals surface area (Å²) in [6.45, 7) is 6.45. The van der Waals surface area contributed by atoms with Crippen LogP contribution in [0.15, 0.2) is 58.0 Å². The van der Waals surface area contributed by atoms with Crippen LogP contribution in [0.3, 0.4) is 0 Å². The Morgan fingerprint density at radius 1 is 1.08 bits per heavy atom. The second-order valence-corrected chi connectivity index (χ2v) is 10.8. The molecule has 0 aliphatic rings. The third-order valence-electron chi connectivity index (χ3n) is 3.69. The molecule has 1 aromatic heterocycles. The molecule has 1 aromatic carbocycles. The van der Waals surface area contributed by atoms with Gasteiger partial charge in [-0.1, -0.05) is 18.2 Å². The highest BCUT2D eigenvalue weighted by atomic mass is 32.2. The minimum absolute atomic E-state index is 0.0529. The van der Waals surface area contributed by atoms with E-state index in [0.29, 0.717) is 0 Å². The van der Waals surface area contributed by atoms with Crippen LogP contribution in [-0.2, 0) is 26.4 Å². The summed E-state index contributed by atoms with van der Waals surface area (Å²) in [4.78, 5) is -0.149. The molecule has 0 bridgehead atoms. The SMILES string of the molecule is CC(C)(C)S(=O)N[C@](C)(c1ccco1)[C@H](F)S(=O)(=O)c1ccccc1. The van der Waals surface area contributed by atoms with Crippen molar-refractivity contribution in [2.45, 2.75) is 48.4 Å². The zero-order valence-corrected chi connectivity index (χ0v) is 16.2. The largest absolute Gasteiger partial charge is 0.467 e. The van der Waals surface area contributed by atoms with E-state index in [4.69, 9.17) is 4.42 Å². The van der Waals surface area contributed by atoms with Crippen LogP contribution in [0, 0.1) is 0 Å². The van der Waals surface area contributed by atoms with Crippen molar-refractivity contribution in [1.82, 2.24) is 4.72 Å². The Bertz CT molecular complexity index is 829. The zero-order valence-electron chi connectivity index (χ0n) is 14.5. The van der Waals surface area contributed by atoms with Crippen LogP contribution in [0.4, 0.5) is 4.39 Å². The Morgan fingerprint density at radius 2 is 1.68 bits per heavy atom. The Balaban J connectivity index is 2.51. The summed E-state index contributed by atoms with van der Waals surface area (Å²) in [5.41, 5.74) is -4.23. The highest BCUT2D eigenvalue weighted by molar-refractivity contribution is 7.92. The number of rotatable bonds is 6. The number of halogens is 1. The molecule has 0 amide bonds. The van der Waals surface area contributed by atoms with Crippen molar-refractivity contribution in [2.75, 3.05) is 0 Å². The van der Waals surface area contributed by atoms with Crippen LogP contribution in [0.1, 0.15) is 33.5 Å². The molecule has 1 unspecified atom stereocenters. The van der Waals surface area contributed by atoms with Gasteiger partial charge in [-0.3, -0.25) is 0 Å².